The standard InChI is InChI=1S/C27H28ClF2N5O3/c1-34-21-5-4-17(32-20-11-22(31-12-19(20)28)35-8-6-15(13-36)7-9-35)10-18(21)23-24(26(34)37)38-14-27(29,30)25(33-23)16-2-3-16/h4-5,10-13,15-16,25,33H,2-3,6-9,14H2,1H3,(H,31,32). The largest absolute Gasteiger partial charge is 0.480 e. The van der Waals surface area contributed by atoms with Crippen molar-refractivity contribution in [1.82, 2.24) is 9.55 Å². The van der Waals surface area contributed by atoms with Crippen molar-refractivity contribution in [2.75, 3.05) is 35.2 Å². The Kier molecular flexibility index (Phi) is 6.17. The molecule has 2 aromatic heterocycles. The van der Waals surface area contributed by atoms with Crippen LogP contribution in [0.1, 0.15) is 25.7 Å². The van der Waals surface area contributed by atoms with Gasteiger partial charge < -0.3 is 29.6 Å². The fraction of sp³-hybridized carbons (Fsp3) is 0.444. The van der Waals surface area contributed by atoms with Gasteiger partial charge in [-0.15, -0.1) is 0 Å². The van der Waals surface area contributed by atoms with Crippen LogP contribution in [0.2, 0.25) is 5.02 Å². The first-order valence-corrected chi connectivity index (χ1v) is 13.2. The molecule has 3 aromatic rings. The Labute approximate surface area is 222 Å². The molecule has 0 spiro atoms. The van der Waals surface area contributed by atoms with E-state index in [0.717, 1.165) is 38.0 Å². The van der Waals surface area contributed by atoms with Crippen LogP contribution in [0.4, 0.5) is 31.7 Å². The topological polar surface area (TPSA) is 88.5 Å². The van der Waals surface area contributed by atoms with Gasteiger partial charge in [-0.2, -0.15) is 0 Å². The summed E-state index contributed by atoms with van der Waals surface area (Å²) in [6.07, 6.45) is 5.59. The number of benzene rings is 1. The zero-order valence-electron chi connectivity index (χ0n) is 20.8. The van der Waals surface area contributed by atoms with E-state index in [-0.39, 0.29) is 17.6 Å². The number of anilines is 4. The van der Waals surface area contributed by atoms with Gasteiger partial charge in [-0.1, -0.05) is 11.6 Å². The van der Waals surface area contributed by atoms with Gasteiger partial charge >= 0.3 is 5.92 Å². The highest BCUT2D eigenvalue weighted by Gasteiger charge is 2.51. The molecule has 1 saturated carbocycles. The summed E-state index contributed by atoms with van der Waals surface area (Å²) >= 11 is 6.47. The highest BCUT2D eigenvalue weighted by atomic mass is 35.5. The third kappa shape index (κ3) is 4.44. The average Bonchev–Trinajstić information content (AvgIpc) is 3.76. The van der Waals surface area contributed by atoms with Crippen LogP contribution >= 0.6 is 11.6 Å². The minimum atomic E-state index is -3.10. The third-order valence-corrected chi connectivity index (χ3v) is 8.09. The number of aryl methyl sites for hydroxylation is 1. The molecule has 1 aromatic carbocycles. The number of ether oxygens (including phenoxy) is 1. The van der Waals surface area contributed by atoms with Crippen LogP contribution in [-0.4, -0.2) is 47.5 Å². The van der Waals surface area contributed by atoms with Gasteiger partial charge in [-0.3, -0.25) is 4.79 Å². The van der Waals surface area contributed by atoms with E-state index < -0.39 is 24.1 Å². The predicted molar refractivity (Wildman–Crippen MR) is 143 cm³/mol. The van der Waals surface area contributed by atoms with Gasteiger partial charge in [0.2, 0.25) is 5.75 Å². The monoisotopic (exact) mass is 543 g/mol. The maximum Gasteiger partial charge on any atom is 0.301 e. The minimum absolute atomic E-state index is 0.0805. The summed E-state index contributed by atoms with van der Waals surface area (Å²) in [4.78, 5) is 30.7. The quantitative estimate of drug-likeness (QED) is 0.440. The van der Waals surface area contributed by atoms with E-state index in [2.05, 4.69) is 20.5 Å². The Morgan fingerprint density at radius 1 is 1.21 bits per heavy atom. The van der Waals surface area contributed by atoms with E-state index in [4.69, 9.17) is 16.3 Å². The van der Waals surface area contributed by atoms with Crippen molar-refractivity contribution in [2.24, 2.45) is 18.9 Å². The van der Waals surface area contributed by atoms with Crippen LogP contribution < -0.4 is 25.8 Å². The lowest BCUT2D eigenvalue weighted by atomic mass is 9.99. The molecule has 1 atom stereocenters. The Balaban J connectivity index is 1.36. The molecule has 11 heteroatoms. The summed E-state index contributed by atoms with van der Waals surface area (Å²) < 4.78 is 36.7. The van der Waals surface area contributed by atoms with Crippen LogP contribution in [-0.2, 0) is 11.8 Å². The number of pyridine rings is 2. The SMILES string of the molecule is Cn1c(=O)c2c(c3cc(Nc4cc(N5CCC(C=O)CC5)ncc4Cl)ccc31)NC(C1CC1)C(F)(F)CO2. The fourth-order valence-corrected chi connectivity index (χ4v) is 5.55. The van der Waals surface area contributed by atoms with E-state index in [1.165, 1.54) is 4.57 Å². The van der Waals surface area contributed by atoms with Crippen molar-refractivity contribution < 1.29 is 18.3 Å². The minimum Gasteiger partial charge on any atom is -0.480 e. The molecule has 1 aliphatic carbocycles. The summed E-state index contributed by atoms with van der Waals surface area (Å²) in [6.45, 7) is 0.616. The van der Waals surface area contributed by atoms with Gasteiger partial charge in [0.1, 0.15) is 12.1 Å². The zero-order chi connectivity index (χ0) is 26.6. The number of nitrogens with one attached hydrogen (secondary N) is 2. The lowest BCUT2D eigenvalue weighted by Crippen LogP contribution is -2.44. The van der Waals surface area contributed by atoms with Crippen molar-refractivity contribution in [1.29, 1.82) is 0 Å². The highest BCUT2D eigenvalue weighted by Crippen LogP contribution is 2.45. The molecular weight excluding hydrogens is 516 g/mol. The number of hydrogen-bond donors (Lipinski definition) is 2. The van der Waals surface area contributed by atoms with Crippen molar-refractivity contribution in [3.05, 3.63) is 45.8 Å². The molecule has 38 heavy (non-hydrogen) atoms. The van der Waals surface area contributed by atoms with E-state index in [9.17, 15) is 18.4 Å². The second-order valence-electron chi connectivity index (χ2n) is 10.4. The van der Waals surface area contributed by atoms with Crippen LogP contribution in [0, 0.1) is 11.8 Å². The smallest absolute Gasteiger partial charge is 0.301 e. The molecule has 3 aliphatic rings. The predicted octanol–water partition coefficient (Wildman–Crippen LogP) is 4.96. The fourth-order valence-electron chi connectivity index (χ4n) is 5.40. The zero-order valence-corrected chi connectivity index (χ0v) is 21.6. The van der Waals surface area contributed by atoms with Gasteiger partial charge in [0, 0.05) is 43.2 Å². The molecule has 0 radical (unpaired) electrons. The third-order valence-electron chi connectivity index (χ3n) is 7.79. The number of rotatable bonds is 5. The van der Waals surface area contributed by atoms with Crippen molar-refractivity contribution in [3.8, 4) is 5.75 Å². The Bertz CT molecular complexity index is 1470. The van der Waals surface area contributed by atoms with Crippen molar-refractivity contribution in [2.45, 2.75) is 37.6 Å². The molecule has 2 N–H and O–H groups in total. The molecule has 200 valence electrons. The van der Waals surface area contributed by atoms with Gasteiger partial charge in [-0.05, 0) is 49.8 Å². The van der Waals surface area contributed by atoms with E-state index in [0.29, 0.717) is 45.8 Å². The number of carbonyl (C=O) groups excluding carboxylic acids is 1. The van der Waals surface area contributed by atoms with E-state index in [1.54, 1.807) is 19.3 Å². The van der Waals surface area contributed by atoms with E-state index in [1.807, 2.05) is 18.2 Å². The molecule has 2 fully saturated rings. The molecule has 1 unspecified atom stereocenters. The van der Waals surface area contributed by atoms with Crippen LogP contribution in [0.25, 0.3) is 10.9 Å². The summed E-state index contributed by atoms with van der Waals surface area (Å²) in [5.74, 6) is -2.53. The maximum absolute atomic E-state index is 14.9. The second-order valence-corrected chi connectivity index (χ2v) is 10.8. The highest BCUT2D eigenvalue weighted by molar-refractivity contribution is 6.33. The average molecular weight is 544 g/mol. The summed E-state index contributed by atoms with van der Waals surface area (Å²) in [6, 6.07) is 6.15. The van der Waals surface area contributed by atoms with Gasteiger partial charge in [0.25, 0.3) is 5.56 Å². The number of alkyl halides is 2. The Hall–Kier alpha value is -3.40. The molecule has 0 amide bonds. The van der Waals surface area contributed by atoms with E-state index >= 15 is 0 Å². The lowest BCUT2D eigenvalue weighted by molar-refractivity contribution is -0.111. The summed E-state index contributed by atoms with van der Waals surface area (Å²) in [7, 11) is 1.60. The lowest BCUT2D eigenvalue weighted by Gasteiger charge is -2.31. The molecule has 0 bridgehead atoms. The number of hydrogen-bond acceptors (Lipinski definition) is 7. The van der Waals surface area contributed by atoms with Crippen LogP contribution in [0.15, 0.2) is 35.3 Å². The number of piperidine rings is 1. The number of aromatic nitrogens is 2. The van der Waals surface area contributed by atoms with Gasteiger partial charge in [0.15, 0.2) is 6.61 Å². The second kappa shape index (κ2) is 9.41. The van der Waals surface area contributed by atoms with Crippen LogP contribution in [0.3, 0.4) is 0 Å². The van der Waals surface area contributed by atoms with Crippen LogP contribution in [0.5, 0.6) is 5.75 Å². The number of fused-ring (bicyclic) bond motifs is 3. The molecule has 8 nitrogen and oxygen atoms in total. The molecule has 2 aliphatic heterocycles. The summed E-state index contributed by atoms with van der Waals surface area (Å²) in [5.41, 5.74) is 1.72. The van der Waals surface area contributed by atoms with Gasteiger partial charge in [0.05, 0.1) is 34.2 Å². The summed E-state index contributed by atoms with van der Waals surface area (Å²) in [5, 5.41) is 7.34. The Morgan fingerprint density at radius 3 is 2.68 bits per heavy atom. The maximum atomic E-state index is 14.9. The van der Waals surface area contributed by atoms with Crippen molar-refractivity contribution in [3.63, 3.8) is 0 Å². The first-order chi connectivity index (χ1) is 18.2. The number of halogens is 3. The number of aldehydes is 1. The molecule has 1 saturated heterocycles. The molecule has 6 rings (SSSR count). The molecule has 4 heterocycles. The van der Waals surface area contributed by atoms with Gasteiger partial charge in [-0.25, -0.2) is 13.8 Å². The molecular formula is C27H28ClF2N5O3. The Morgan fingerprint density at radius 2 is 1.97 bits per heavy atom. The van der Waals surface area contributed by atoms with Crippen molar-refractivity contribution >= 4 is 51.7 Å². The first kappa shape index (κ1) is 24.9. The number of nitrogens with zero attached hydrogens (tertiary/aromatic N) is 3. The normalized spacial score (nSPS) is 21.3. The number of carbonyl (C=O) groups is 1. The first-order valence-electron chi connectivity index (χ1n) is 12.8.